The van der Waals surface area contributed by atoms with Crippen molar-refractivity contribution in [2.24, 2.45) is 17.3 Å². The Bertz CT molecular complexity index is 1360. The predicted octanol–water partition coefficient (Wildman–Crippen LogP) is 4.40. The summed E-state index contributed by atoms with van der Waals surface area (Å²) in [4.78, 5) is 49.0. The average molecular weight is 639 g/mol. The maximum atomic E-state index is 15.8. The summed E-state index contributed by atoms with van der Waals surface area (Å²) in [7, 11) is 1.50. The fourth-order valence-electron chi connectivity index (χ4n) is 5.74. The van der Waals surface area contributed by atoms with Gasteiger partial charge >= 0.3 is 6.09 Å². The first kappa shape index (κ1) is 32.9. The van der Waals surface area contributed by atoms with Gasteiger partial charge in [-0.05, 0) is 48.6 Å². The Balaban J connectivity index is 0.00000423. The van der Waals surface area contributed by atoms with E-state index < -0.39 is 53.9 Å². The van der Waals surface area contributed by atoms with Gasteiger partial charge in [-0.3, -0.25) is 4.79 Å². The number of methoxy groups -OCH3 is 1. The van der Waals surface area contributed by atoms with Crippen molar-refractivity contribution in [1.82, 2.24) is 20.2 Å². The van der Waals surface area contributed by atoms with Crippen LogP contribution in [0.3, 0.4) is 0 Å². The number of nitrogens with one attached hydrogen (secondary N) is 1. The first-order valence-corrected chi connectivity index (χ1v) is 14.4. The molecule has 1 aromatic heterocycles. The molecule has 2 bridgehead atoms. The van der Waals surface area contributed by atoms with Crippen LogP contribution in [0.1, 0.15) is 65.2 Å². The average Bonchev–Trinajstić information content (AvgIpc) is 3.60. The molecule has 3 heterocycles. The van der Waals surface area contributed by atoms with Gasteiger partial charge in [0.05, 0.1) is 24.7 Å². The second-order valence-electron chi connectivity index (χ2n) is 12.6. The van der Waals surface area contributed by atoms with Crippen LogP contribution in [-0.2, 0) is 32.9 Å². The van der Waals surface area contributed by atoms with Crippen molar-refractivity contribution in [3.05, 3.63) is 23.9 Å². The van der Waals surface area contributed by atoms with E-state index in [0.29, 0.717) is 36.0 Å². The zero-order valence-electron chi connectivity index (χ0n) is 24.9. The smallest absolute Gasteiger partial charge is 0.408 e. The molecule has 1 radical (unpaired) electrons. The number of alkyl halides is 2. The van der Waals surface area contributed by atoms with Crippen LogP contribution in [-0.4, -0.2) is 77.3 Å². The molecule has 8 atom stereocenters. The number of nitrogens with zero attached hydrogens (tertiary/aromatic N) is 3. The van der Waals surface area contributed by atoms with E-state index in [2.05, 4.69) is 15.3 Å². The zero-order chi connectivity index (χ0) is 30.3. The van der Waals surface area contributed by atoms with Gasteiger partial charge in [0, 0.05) is 24.6 Å². The van der Waals surface area contributed by atoms with E-state index >= 15 is 8.78 Å². The number of rotatable bonds is 2. The van der Waals surface area contributed by atoms with Gasteiger partial charge in [-0.1, -0.05) is 40.2 Å². The Labute approximate surface area is 261 Å². The largest absolute Gasteiger partial charge is 0.540 e. The number of benzene rings is 1. The van der Waals surface area contributed by atoms with Crippen LogP contribution in [0.15, 0.2) is 18.2 Å². The molecule has 2 aliphatic heterocycles. The minimum atomic E-state index is -2.12. The van der Waals surface area contributed by atoms with Crippen molar-refractivity contribution in [3.8, 4) is 11.6 Å². The number of ether oxygens (including phenoxy) is 3. The van der Waals surface area contributed by atoms with Crippen LogP contribution in [0.5, 0.6) is 11.6 Å². The number of halogens is 2. The minimum Gasteiger partial charge on any atom is -0.540 e. The second-order valence-corrected chi connectivity index (χ2v) is 12.6. The standard InChI is InChI=1S/C30H37F2N4O6.V/c1-15-21(14-37)36-13-23(15)41-27-25(33-19-10-9-17(40-5)12-20(19)34-27)24(32)18(31)8-6-7-16-11-22(16)42-29(39)35-26(28(36)38)30(2,3)4;/h9-10,12,15-16,18,21-24,26H,6-8,11,13H2,1-5H3,(H,35,39);/q-1;/t15?,16-,18?,21-,22-,23+,24?,26-;/m1./s1. The van der Waals surface area contributed by atoms with Gasteiger partial charge in [-0.15, -0.1) is 0 Å². The number of amides is 2. The van der Waals surface area contributed by atoms with Gasteiger partial charge in [0.15, 0.2) is 6.17 Å². The van der Waals surface area contributed by atoms with E-state index in [1.807, 2.05) is 6.29 Å². The van der Waals surface area contributed by atoms with E-state index in [1.165, 1.54) is 12.0 Å². The molecule has 2 fully saturated rings. The molecule has 3 aliphatic rings. The van der Waals surface area contributed by atoms with E-state index in [1.54, 1.807) is 45.9 Å². The third kappa shape index (κ3) is 6.90. The molecular weight excluding hydrogens is 601 g/mol. The summed E-state index contributed by atoms with van der Waals surface area (Å²) in [5.41, 5.74) is -0.307. The van der Waals surface area contributed by atoms with Crippen LogP contribution in [0, 0.1) is 17.3 Å². The summed E-state index contributed by atoms with van der Waals surface area (Å²) in [5, 5.41) is 2.70. The Hall–Kier alpha value is -2.99. The molecule has 43 heavy (non-hydrogen) atoms. The number of carbonyl (C=O) groups excluding carboxylic acids is 3. The van der Waals surface area contributed by atoms with Crippen LogP contribution in [0.2, 0.25) is 0 Å². The van der Waals surface area contributed by atoms with Crippen LogP contribution >= 0.6 is 0 Å². The Morgan fingerprint density at radius 1 is 1.09 bits per heavy atom. The molecule has 13 heteroatoms. The van der Waals surface area contributed by atoms with Gasteiger partial charge in [0.25, 0.3) is 0 Å². The molecule has 1 aromatic carbocycles. The maximum absolute atomic E-state index is 15.8. The Morgan fingerprint density at radius 3 is 2.51 bits per heavy atom. The molecule has 233 valence electrons. The van der Waals surface area contributed by atoms with Gasteiger partial charge < -0.3 is 29.2 Å². The number of aromatic nitrogens is 2. The van der Waals surface area contributed by atoms with E-state index in [9.17, 15) is 14.4 Å². The molecule has 1 N–H and O–H groups in total. The number of hydrogen-bond donors (Lipinski definition) is 1. The molecule has 2 aromatic rings. The number of carbonyl (C=O) groups is 2. The van der Waals surface area contributed by atoms with Gasteiger partial charge in [-0.2, -0.15) is 0 Å². The molecule has 10 nitrogen and oxygen atoms in total. The Morgan fingerprint density at radius 2 is 1.84 bits per heavy atom. The third-order valence-electron chi connectivity index (χ3n) is 8.45. The molecular formula is C30H37F2N4O6V-. The van der Waals surface area contributed by atoms with Crippen molar-refractivity contribution in [1.29, 1.82) is 0 Å². The summed E-state index contributed by atoms with van der Waals surface area (Å²) in [6, 6.07) is 2.85. The summed E-state index contributed by atoms with van der Waals surface area (Å²) in [6.45, 7) is 7.04. The predicted molar refractivity (Wildman–Crippen MR) is 148 cm³/mol. The van der Waals surface area contributed by atoms with E-state index in [-0.39, 0.29) is 55.1 Å². The fourth-order valence-corrected chi connectivity index (χ4v) is 5.74. The molecule has 3 unspecified atom stereocenters. The van der Waals surface area contributed by atoms with Crippen LogP contribution in [0.4, 0.5) is 13.6 Å². The molecule has 0 spiro atoms. The third-order valence-corrected chi connectivity index (χ3v) is 8.45. The number of hydrogen-bond acceptors (Lipinski definition) is 8. The summed E-state index contributed by atoms with van der Waals surface area (Å²) in [6.07, 6.45) is -2.47. The van der Waals surface area contributed by atoms with Crippen LogP contribution in [0.25, 0.3) is 11.0 Å². The van der Waals surface area contributed by atoms with Gasteiger partial charge in [0.1, 0.15) is 35.9 Å². The molecule has 2 amide bonds. The summed E-state index contributed by atoms with van der Waals surface area (Å²) in [5.74, 6) is -0.757. The van der Waals surface area contributed by atoms with E-state index in [4.69, 9.17) is 14.2 Å². The Kier molecular flexibility index (Phi) is 9.90. The van der Waals surface area contributed by atoms with Crippen molar-refractivity contribution in [2.75, 3.05) is 13.7 Å². The SMILES string of the molecule is COc1ccc2nc3c(nc2c1)O[C@H]1CN(C(=O)[C@H](C(C)(C)C)NC(=O)O[C@@H]2C[C@H]2CCCC(F)C3F)[C@H]([C-]=O)C1C.[V]. The number of alkyl carbamates (subject to hydrolysis) is 1. The van der Waals surface area contributed by atoms with Crippen molar-refractivity contribution in [3.63, 3.8) is 0 Å². The maximum Gasteiger partial charge on any atom is 0.408 e. The normalized spacial score (nSPS) is 31.7. The summed E-state index contributed by atoms with van der Waals surface area (Å²) < 4.78 is 48.0. The molecule has 1 saturated heterocycles. The summed E-state index contributed by atoms with van der Waals surface area (Å²) >= 11 is 0. The quantitative estimate of drug-likeness (QED) is 0.481. The van der Waals surface area contributed by atoms with Gasteiger partial charge in [-0.25, -0.2) is 29.8 Å². The topological polar surface area (TPSA) is 120 Å². The van der Waals surface area contributed by atoms with Crippen molar-refractivity contribution < 1.29 is 55.9 Å². The van der Waals surface area contributed by atoms with E-state index in [0.717, 1.165) is 0 Å². The molecule has 1 aliphatic carbocycles. The first-order chi connectivity index (χ1) is 19.9. The number of fused-ring (bicyclic) bond motifs is 5. The first-order valence-electron chi connectivity index (χ1n) is 14.4. The van der Waals surface area contributed by atoms with Crippen LogP contribution < -0.4 is 14.8 Å². The second kappa shape index (κ2) is 12.9. The van der Waals surface area contributed by atoms with Crippen molar-refractivity contribution in [2.45, 2.75) is 90.0 Å². The van der Waals surface area contributed by atoms with Gasteiger partial charge in [0.2, 0.25) is 11.8 Å². The molecule has 1 saturated carbocycles. The fraction of sp³-hybridized carbons (Fsp3) is 0.633. The minimum absolute atomic E-state index is 0. The van der Waals surface area contributed by atoms with Crippen molar-refractivity contribution >= 4 is 29.3 Å². The molecule has 5 rings (SSSR count). The zero-order valence-corrected chi connectivity index (χ0v) is 26.3. The monoisotopic (exact) mass is 638 g/mol.